The highest BCUT2D eigenvalue weighted by Crippen LogP contribution is 2.31. The van der Waals surface area contributed by atoms with Gasteiger partial charge in [-0.1, -0.05) is 11.8 Å². The number of hydrogen-bond donors (Lipinski definition) is 1. The number of alkyl halides is 2. The van der Waals surface area contributed by atoms with Crippen LogP contribution >= 0.6 is 11.8 Å². The number of carbonyl (C=O) groups is 1. The lowest BCUT2D eigenvalue weighted by atomic mass is 10.1. The molecule has 1 heterocycles. The van der Waals surface area contributed by atoms with Gasteiger partial charge in [0.25, 0.3) is 0 Å². The maximum atomic E-state index is 12.4. The van der Waals surface area contributed by atoms with Crippen molar-refractivity contribution < 1.29 is 23.0 Å². The van der Waals surface area contributed by atoms with E-state index in [1.54, 1.807) is 25.4 Å². The smallest absolute Gasteiger partial charge is 0.387 e. The van der Waals surface area contributed by atoms with Crippen LogP contribution in [0.15, 0.2) is 59.9 Å². The second kappa shape index (κ2) is 8.75. The van der Waals surface area contributed by atoms with E-state index in [-0.39, 0.29) is 11.5 Å². The number of amides is 1. The Kier molecular flexibility index (Phi) is 6.15. The number of hydrogen-bond acceptors (Lipinski definition) is 5. The van der Waals surface area contributed by atoms with Gasteiger partial charge in [0.2, 0.25) is 5.91 Å². The summed E-state index contributed by atoms with van der Waals surface area (Å²) < 4.78 is 36.2. The fourth-order valence-electron chi connectivity index (χ4n) is 2.56. The lowest BCUT2D eigenvalue weighted by Crippen LogP contribution is -2.13. The van der Waals surface area contributed by atoms with Crippen molar-refractivity contribution in [2.24, 2.45) is 5.73 Å². The van der Waals surface area contributed by atoms with Crippen LogP contribution in [0.4, 0.5) is 8.78 Å². The molecule has 0 fully saturated rings. The fourth-order valence-corrected chi connectivity index (χ4v) is 3.30. The predicted octanol–water partition coefficient (Wildman–Crippen LogP) is 3.73. The molecule has 146 valence electrons. The summed E-state index contributed by atoms with van der Waals surface area (Å²) in [6, 6.07) is 13.6. The molecule has 0 atom stereocenters. The summed E-state index contributed by atoms with van der Waals surface area (Å²) in [6.45, 7) is -2.89. The standard InChI is InChI=1S/C19H17F2N3O3S/c1-26-14-6-2-12(3-7-14)16-10-23-19(28-11-17(22)25)24(16)13-4-8-15(9-5-13)27-18(20)21/h2-10,18H,11H2,1H3,(H2,22,25). The number of imidazole rings is 1. The molecule has 3 rings (SSSR count). The molecule has 0 saturated heterocycles. The van der Waals surface area contributed by atoms with Crippen molar-refractivity contribution in [2.45, 2.75) is 11.8 Å². The summed E-state index contributed by atoms with van der Waals surface area (Å²) in [4.78, 5) is 15.6. The molecule has 9 heteroatoms. The minimum atomic E-state index is -2.89. The molecule has 0 aliphatic carbocycles. The van der Waals surface area contributed by atoms with Crippen LogP contribution in [-0.2, 0) is 4.79 Å². The molecular formula is C19H17F2N3O3S. The highest BCUT2D eigenvalue weighted by Gasteiger charge is 2.15. The second-order valence-corrected chi connectivity index (χ2v) is 6.56. The number of ether oxygens (including phenoxy) is 2. The van der Waals surface area contributed by atoms with Gasteiger partial charge in [-0.2, -0.15) is 8.78 Å². The number of aromatic nitrogens is 2. The van der Waals surface area contributed by atoms with Crippen molar-refractivity contribution in [2.75, 3.05) is 12.9 Å². The predicted molar refractivity (Wildman–Crippen MR) is 102 cm³/mol. The summed E-state index contributed by atoms with van der Waals surface area (Å²) in [5, 5.41) is 0.548. The molecular weight excluding hydrogens is 388 g/mol. The zero-order valence-electron chi connectivity index (χ0n) is 14.8. The van der Waals surface area contributed by atoms with Gasteiger partial charge in [-0.05, 0) is 48.5 Å². The Bertz CT molecular complexity index is 944. The quantitative estimate of drug-likeness (QED) is 0.578. The Morgan fingerprint density at radius 1 is 1.14 bits per heavy atom. The van der Waals surface area contributed by atoms with E-state index >= 15 is 0 Å². The molecule has 0 saturated carbocycles. The number of carbonyl (C=O) groups excluding carboxylic acids is 1. The maximum Gasteiger partial charge on any atom is 0.387 e. The van der Waals surface area contributed by atoms with Crippen molar-refractivity contribution in [3.05, 3.63) is 54.7 Å². The first-order chi connectivity index (χ1) is 13.5. The largest absolute Gasteiger partial charge is 0.497 e. The van der Waals surface area contributed by atoms with Crippen molar-refractivity contribution in [3.63, 3.8) is 0 Å². The Balaban J connectivity index is 2.02. The summed E-state index contributed by atoms with van der Waals surface area (Å²) >= 11 is 1.19. The van der Waals surface area contributed by atoms with E-state index in [1.807, 2.05) is 28.8 Å². The zero-order valence-corrected chi connectivity index (χ0v) is 15.7. The van der Waals surface area contributed by atoms with Gasteiger partial charge in [0.1, 0.15) is 11.5 Å². The number of primary amides is 1. The van der Waals surface area contributed by atoms with Crippen molar-refractivity contribution in [3.8, 4) is 28.4 Å². The molecule has 1 aromatic heterocycles. The molecule has 2 N–H and O–H groups in total. The molecule has 3 aromatic rings. The minimum Gasteiger partial charge on any atom is -0.497 e. The van der Waals surface area contributed by atoms with Gasteiger partial charge in [0.05, 0.1) is 24.8 Å². The lowest BCUT2D eigenvalue weighted by Gasteiger charge is -2.13. The van der Waals surface area contributed by atoms with Gasteiger partial charge in [0, 0.05) is 11.3 Å². The molecule has 0 aliphatic rings. The number of methoxy groups -OCH3 is 1. The molecule has 28 heavy (non-hydrogen) atoms. The van der Waals surface area contributed by atoms with E-state index in [9.17, 15) is 13.6 Å². The van der Waals surface area contributed by atoms with E-state index in [0.29, 0.717) is 16.6 Å². The molecule has 0 unspecified atom stereocenters. The Morgan fingerprint density at radius 2 is 1.79 bits per heavy atom. The number of benzene rings is 2. The van der Waals surface area contributed by atoms with Crippen LogP contribution in [0.2, 0.25) is 0 Å². The van der Waals surface area contributed by atoms with Gasteiger partial charge in [0.15, 0.2) is 5.16 Å². The van der Waals surface area contributed by atoms with Crippen molar-refractivity contribution in [1.29, 1.82) is 0 Å². The summed E-state index contributed by atoms with van der Waals surface area (Å²) in [6.07, 6.45) is 1.68. The van der Waals surface area contributed by atoms with Crippen LogP contribution in [0, 0.1) is 0 Å². The lowest BCUT2D eigenvalue weighted by molar-refractivity contribution is -0.115. The Morgan fingerprint density at radius 3 is 2.36 bits per heavy atom. The summed E-state index contributed by atoms with van der Waals surface area (Å²) in [5.41, 5.74) is 7.55. The van der Waals surface area contributed by atoms with Crippen LogP contribution in [-0.4, -0.2) is 34.9 Å². The molecule has 0 aliphatic heterocycles. The van der Waals surface area contributed by atoms with Crippen LogP contribution in [0.5, 0.6) is 11.5 Å². The van der Waals surface area contributed by atoms with Gasteiger partial charge >= 0.3 is 6.61 Å². The highest BCUT2D eigenvalue weighted by atomic mass is 32.2. The average Bonchev–Trinajstić information content (AvgIpc) is 3.10. The maximum absolute atomic E-state index is 12.4. The third kappa shape index (κ3) is 4.61. The average molecular weight is 405 g/mol. The molecule has 2 aromatic carbocycles. The van der Waals surface area contributed by atoms with E-state index in [1.165, 1.54) is 23.9 Å². The summed E-state index contributed by atoms with van der Waals surface area (Å²) in [7, 11) is 1.58. The van der Waals surface area contributed by atoms with Gasteiger partial charge in [-0.15, -0.1) is 0 Å². The fraction of sp³-hybridized carbons (Fsp3) is 0.158. The number of nitrogens with zero attached hydrogens (tertiary/aromatic N) is 2. The monoisotopic (exact) mass is 405 g/mol. The SMILES string of the molecule is COc1ccc(-c2cnc(SCC(N)=O)n2-c2ccc(OC(F)F)cc2)cc1. The van der Waals surface area contributed by atoms with Crippen LogP contribution in [0.25, 0.3) is 16.9 Å². The van der Waals surface area contributed by atoms with Gasteiger partial charge in [-0.3, -0.25) is 9.36 Å². The Labute approximate surface area is 164 Å². The van der Waals surface area contributed by atoms with Crippen molar-refractivity contribution >= 4 is 17.7 Å². The first-order valence-electron chi connectivity index (χ1n) is 8.16. The third-order valence-electron chi connectivity index (χ3n) is 3.78. The highest BCUT2D eigenvalue weighted by molar-refractivity contribution is 7.99. The zero-order chi connectivity index (χ0) is 20.1. The van der Waals surface area contributed by atoms with Crippen molar-refractivity contribution in [1.82, 2.24) is 9.55 Å². The number of nitrogens with two attached hydrogens (primary N) is 1. The van der Waals surface area contributed by atoms with Crippen LogP contribution < -0.4 is 15.2 Å². The van der Waals surface area contributed by atoms with E-state index in [0.717, 1.165) is 11.3 Å². The molecule has 0 spiro atoms. The molecule has 6 nitrogen and oxygen atoms in total. The summed E-state index contributed by atoms with van der Waals surface area (Å²) in [5.74, 6) is 0.361. The second-order valence-electron chi connectivity index (χ2n) is 5.62. The topological polar surface area (TPSA) is 79.4 Å². The van der Waals surface area contributed by atoms with Crippen LogP contribution in [0.1, 0.15) is 0 Å². The van der Waals surface area contributed by atoms with E-state index in [2.05, 4.69) is 9.72 Å². The van der Waals surface area contributed by atoms with Gasteiger partial charge in [-0.25, -0.2) is 4.98 Å². The molecule has 1 amide bonds. The molecule has 0 bridgehead atoms. The molecule has 0 radical (unpaired) electrons. The normalized spacial score (nSPS) is 10.9. The number of halogens is 2. The van der Waals surface area contributed by atoms with Crippen LogP contribution in [0.3, 0.4) is 0 Å². The van der Waals surface area contributed by atoms with E-state index < -0.39 is 12.5 Å². The minimum absolute atomic E-state index is 0.0520. The Hall–Kier alpha value is -3.07. The van der Waals surface area contributed by atoms with Gasteiger partial charge < -0.3 is 15.2 Å². The van der Waals surface area contributed by atoms with E-state index in [4.69, 9.17) is 10.5 Å². The third-order valence-corrected chi connectivity index (χ3v) is 4.75. The number of thioether (sulfide) groups is 1. The number of rotatable bonds is 8. The first-order valence-corrected chi connectivity index (χ1v) is 9.15. The first kappa shape index (κ1) is 19.7.